The molecule has 1 aromatic heterocycles. The van der Waals surface area contributed by atoms with Crippen LogP contribution in [0.15, 0.2) is 12.5 Å². The molecule has 1 N–H and O–H groups in total. The number of hydrogen-bond donors (Lipinski definition) is 1. The average Bonchev–Trinajstić information content (AvgIpc) is 2.81. The highest BCUT2D eigenvalue weighted by atomic mass is 16.4. The quantitative estimate of drug-likeness (QED) is 0.870. The molecule has 0 unspecified atom stereocenters. The maximum absolute atomic E-state index is 11.4. The summed E-state index contributed by atoms with van der Waals surface area (Å²) in [6, 6.07) is 0.612. The van der Waals surface area contributed by atoms with E-state index in [-0.39, 0.29) is 11.8 Å². The van der Waals surface area contributed by atoms with Crippen LogP contribution in [0.5, 0.6) is 0 Å². The minimum atomic E-state index is -0.688. The second-order valence-electron chi connectivity index (χ2n) is 5.55. The lowest BCUT2D eigenvalue weighted by atomic mass is 9.92. The Morgan fingerprint density at radius 2 is 2.22 bits per heavy atom. The van der Waals surface area contributed by atoms with E-state index in [1.807, 2.05) is 17.8 Å². The molecule has 2 aliphatic rings. The highest BCUT2D eigenvalue weighted by molar-refractivity contribution is 5.72. The number of aromatic nitrogens is 2. The first-order valence-electron chi connectivity index (χ1n) is 6.60. The fourth-order valence-electron chi connectivity index (χ4n) is 3.06. The summed E-state index contributed by atoms with van der Waals surface area (Å²) in [6.07, 6.45) is 7.43. The maximum Gasteiger partial charge on any atom is 0.308 e. The molecule has 0 amide bonds. The topological polar surface area (TPSA) is 58.4 Å². The molecule has 18 heavy (non-hydrogen) atoms. The van der Waals surface area contributed by atoms with Crippen molar-refractivity contribution in [2.75, 3.05) is 13.1 Å². The Labute approximate surface area is 106 Å². The molecule has 2 fully saturated rings. The van der Waals surface area contributed by atoms with Crippen LogP contribution in [-0.4, -0.2) is 44.7 Å². The third-order valence-corrected chi connectivity index (χ3v) is 4.36. The van der Waals surface area contributed by atoms with Crippen LogP contribution >= 0.6 is 0 Å². The molecular formula is C13H19N3O2. The zero-order valence-electron chi connectivity index (χ0n) is 10.6. The molecule has 3 rings (SSSR count). The molecule has 0 bridgehead atoms. The number of likely N-dealkylation sites (tertiary alicyclic amines) is 1. The largest absolute Gasteiger partial charge is 0.481 e. The van der Waals surface area contributed by atoms with E-state index in [0.717, 1.165) is 12.2 Å². The van der Waals surface area contributed by atoms with Gasteiger partial charge in [-0.15, -0.1) is 0 Å². The summed E-state index contributed by atoms with van der Waals surface area (Å²) in [4.78, 5) is 18.1. The van der Waals surface area contributed by atoms with Crippen molar-refractivity contribution in [3.8, 4) is 0 Å². The molecule has 2 atom stereocenters. The number of carbonyl (C=O) groups is 1. The second kappa shape index (κ2) is 4.39. The van der Waals surface area contributed by atoms with Gasteiger partial charge in [0.2, 0.25) is 0 Å². The summed E-state index contributed by atoms with van der Waals surface area (Å²) in [7, 11) is 1.92. The zero-order valence-corrected chi connectivity index (χ0v) is 10.6. The molecule has 98 valence electrons. The van der Waals surface area contributed by atoms with Crippen LogP contribution < -0.4 is 0 Å². The van der Waals surface area contributed by atoms with Gasteiger partial charge in [-0.3, -0.25) is 9.69 Å². The fraction of sp³-hybridized carbons (Fsp3) is 0.692. The standard InChI is InChI=1S/C13H19N3O2/c1-15-7-12(14-8-15)10-5-16(9-3-2-4-9)6-11(10)13(17)18/h7-11H,2-6H2,1H3,(H,17,18)/t10-,11-/m1/s1. The van der Waals surface area contributed by atoms with Gasteiger partial charge in [0, 0.05) is 38.3 Å². The van der Waals surface area contributed by atoms with E-state index in [1.54, 1.807) is 6.33 Å². The Kier molecular flexibility index (Phi) is 2.86. The van der Waals surface area contributed by atoms with Crippen LogP contribution in [0.25, 0.3) is 0 Å². The van der Waals surface area contributed by atoms with E-state index >= 15 is 0 Å². The molecule has 2 heterocycles. The van der Waals surface area contributed by atoms with Gasteiger partial charge in [0.1, 0.15) is 0 Å². The molecule has 1 saturated heterocycles. The van der Waals surface area contributed by atoms with Crippen LogP contribution in [0.2, 0.25) is 0 Å². The normalized spacial score (nSPS) is 29.4. The van der Waals surface area contributed by atoms with Gasteiger partial charge in [-0.2, -0.15) is 0 Å². The van der Waals surface area contributed by atoms with Gasteiger partial charge in [0.05, 0.1) is 17.9 Å². The average molecular weight is 249 g/mol. The number of nitrogens with zero attached hydrogens (tertiary/aromatic N) is 3. The van der Waals surface area contributed by atoms with E-state index in [2.05, 4.69) is 9.88 Å². The highest BCUT2D eigenvalue weighted by Gasteiger charge is 2.42. The molecule has 5 heteroatoms. The van der Waals surface area contributed by atoms with E-state index in [1.165, 1.54) is 19.3 Å². The molecule has 0 aromatic carbocycles. The van der Waals surface area contributed by atoms with Crippen molar-refractivity contribution in [1.82, 2.24) is 14.5 Å². The SMILES string of the molecule is Cn1cnc([C@@H]2CN(C3CCC3)C[C@H]2C(=O)O)c1. The Morgan fingerprint density at radius 3 is 2.72 bits per heavy atom. The van der Waals surface area contributed by atoms with Crippen molar-refractivity contribution in [1.29, 1.82) is 0 Å². The molecule has 1 aromatic rings. The van der Waals surface area contributed by atoms with Gasteiger partial charge >= 0.3 is 5.97 Å². The van der Waals surface area contributed by atoms with E-state index in [4.69, 9.17) is 0 Å². The fourth-order valence-corrected chi connectivity index (χ4v) is 3.06. The summed E-state index contributed by atoms with van der Waals surface area (Å²) in [6.45, 7) is 1.53. The van der Waals surface area contributed by atoms with E-state index in [9.17, 15) is 9.90 Å². The van der Waals surface area contributed by atoms with E-state index in [0.29, 0.717) is 12.6 Å². The van der Waals surface area contributed by atoms with Crippen LogP contribution in [-0.2, 0) is 11.8 Å². The lowest BCUT2D eigenvalue weighted by Gasteiger charge is -2.34. The Bertz CT molecular complexity index is 453. The molecule has 5 nitrogen and oxygen atoms in total. The van der Waals surface area contributed by atoms with Gasteiger partial charge in [0.15, 0.2) is 0 Å². The lowest BCUT2D eigenvalue weighted by Crippen LogP contribution is -2.39. The third-order valence-electron chi connectivity index (χ3n) is 4.36. The number of aliphatic carboxylic acids is 1. The lowest BCUT2D eigenvalue weighted by molar-refractivity contribution is -0.141. The molecule has 1 aliphatic heterocycles. The zero-order chi connectivity index (χ0) is 12.7. The van der Waals surface area contributed by atoms with Crippen molar-refractivity contribution in [2.24, 2.45) is 13.0 Å². The molecule has 0 spiro atoms. The number of rotatable bonds is 3. The molecular weight excluding hydrogens is 230 g/mol. The minimum Gasteiger partial charge on any atom is -0.481 e. The van der Waals surface area contributed by atoms with Gasteiger partial charge in [-0.1, -0.05) is 6.42 Å². The summed E-state index contributed by atoms with van der Waals surface area (Å²) >= 11 is 0. The van der Waals surface area contributed by atoms with Crippen LogP contribution in [0, 0.1) is 5.92 Å². The predicted molar refractivity (Wildman–Crippen MR) is 66.3 cm³/mol. The van der Waals surface area contributed by atoms with Crippen LogP contribution in [0.4, 0.5) is 0 Å². The van der Waals surface area contributed by atoms with Crippen molar-refractivity contribution in [3.63, 3.8) is 0 Å². The van der Waals surface area contributed by atoms with Crippen molar-refractivity contribution in [3.05, 3.63) is 18.2 Å². The van der Waals surface area contributed by atoms with Gasteiger partial charge in [-0.25, -0.2) is 4.98 Å². The first-order valence-corrected chi connectivity index (χ1v) is 6.60. The van der Waals surface area contributed by atoms with Gasteiger partial charge in [-0.05, 0) is 12.8 Å². The van der Waals surface area contributed by atoms with Crippen molar-refractivity contribution < 1.29 is 9.90 Å². The first-order chi connectivity index (χ1) is 8.65. The monoisotopic (exact) mass is 249 g/mol. The smallest absolute Gasteiger partial charge is 0.308 e. The highest BCUT2D eigenvalue weighted by Crippen LogP contribution is 2.37. The second-order valence-corrected chi connectivity index (χ2v) is 5.55. The maximum atomic E-state index is 11.4. The summed E-state index contributed by atoms with van der Waals surface area (Å²) in [5.74, 6) is -0.947. The summed E-state index contributed by atoms with van der Waals surface area (Å²) in [5.41, 5.74) is 0.923. The summed E-state index contributed by atoms with van der Waals surface area (Å²) < 4.78 is 1.89. The Hall–Kier alpha value is -1.36. The minimum absolute atomic E-state index is 0.0456. The summed E-state index contributed by atoms with van der Waals surface area (Å²) in [5, 5.41) is 9.38. The Morgan fingerprint density at radius 1 is 1.44 bits per heavy atom. The van der Waals surface area contributed by atoms with Crippen molar-refractivity contribution >= 4 is 5.97 Å². The molecule has 1 saturated carbocycles. The predicted octanol–water partition coefficient (Wildman–Crippen LogP) is 1.07. The number of carboxylic acid groups (broad SMARTS) is 1. The molecule has 0 radical (unpaired) electrons. The van der Waals surface area contributed by atoms with Crippen LogP contribution in [0.1, 0.15) is 30.9 Å². The Balaban J connectivity index is 1.80. The number of hydrogen-bond acceptors (Lipinski definition) is 3. The third kappa shape index (κ3) is 1.92. The van der Waals surface area contributed by atoms with Crippen LogP contribution in [0.3, 0.4) is 0 Å². The first kappa shape index (κ1) is 11.7. The number of carboxylic acids is 1. The van der Waals surface area contributed by atoms with Crippen molar-refractivity contribution in [2.45, 2.75) is 31.2 Å². The van der Waals surface area contributed by atoms with Gasteiger partial charge in [0.25, 0.3) is 0 Å². The molecule has 1 aliphatic carbocycles. The number of aryl methyl sites for hydroxylation is 1. The van der Waals surface area contributed by atoms with Gasteiger partial charge < -0.3 is 9.67 Å². The number of imidazole rings is 1. The van der Waals surface area contributed by atoms with E-state index < -0.39 is 5.97 Å².